The monoisotopic (exact) mass is 547 g/mol. The van der Waals surface area contributed by atoms with Gasteiger partial charge >= 0.3 is 0 Å². The van der Waals surface area contributed by atoms with Crippen LogP contribution in [0.1, 0.15) is 52.0 Å². The number of aromatic nitrogens is 4. The minimum absolute atomic E-state index is 0.0374. The number of benzene rings is 1. The Hall–Kier alpha value is -3.45. The van der Waals surface area contributed by atoms with E-state index in [4.69, 9.17) is 0 Å². The highest BCUT2D eigenvalue weighted by molar-refractivity contribution is 5.80. The maximum Gasteiger partial charge on any atom is 0.228 e. The molecule has 4 N–H and O–H groups in total. The van der Waals surface area contributed by atoms with Gasteiger partial charge in [-0.2, -0.15) is 4.98 Å². The molecule has 1 aliphatic carbocycles. The third-order valence-electron chi connectivity index (χ3n) is 7.44. The number of fused-ring (bicyclic) bond motifs is 1. The normalized spacial score (nSPS) is 23.5. The molecule has 1 saturated carbocycles. The summed E-state index contributed by atoms with van der Waals surface area (Å²) in [5.41, 5.74) is 0.153. The van der Waals surface area contributed by atoms with Crippen LogP contribution in [0.4, 0.5) is 30.8 Å². The number of hydrogen-bond donors (Lipinski definition) is 4. The molecule has 0 radical (unpaired) electrons. The highest BCUT2D eigenvalue weighted by Gasteiger charge is 2.40. The van der Waals surface area contributed by atoms with E-state index in [1.54, 1.807) is 9.47 Å². The van der Waals surface area contributed by atoms with Gasteiger partial charge in [-0.3, -0.25) is 9.36 Å². The molecule has 1 aliphatic heterocycles. The lowest BCUT2D eigenvalue weighted by molar-refractivity contribution is -0.143. The Balaban J connectivity index is 1.48. The minimum atomic E-state index is -1.13. The molecular formula is C26H32F3N7O3. The molecule has 2 aromatic heterocycles. The fraction of sp³-hybridized carbons (Fsp3) is 0.538. The summed E-state index contributed by atoms with van der Waals surface area (Å²) in [5.74, 6) is -3.72. The van der Waals surface area contributed by atoms with Crippen molar-refractivity contribution in [3.05, 3.63) is 35.8 Å². The Labute approximate surface area is 223 Å². The van der Waals surface area contributed by atoms with Crippen LogP contribution in [0.15, 0.2) is 18.3 Å². The second-order valence-electron chi connectivity index (χ2n) is 10.5. The van der Waals surface area contributed by atoms with Crippen molar-refractivity contribution in [2.24, 2.45) is 5.92 Å². The van der Waals surface area contributed by atoms with E-state index in [0.29, 0.717) is 48.6 Å². The molecule has 210 valence electrons. The summed E-state index contributed by atoms with van der Waals surface area (Å²) < 4.78 is 44.2. The van der Waals surface area contributed by atoms with Crippen molar-refractivity contribution in [2.75, 3.05) is 23.8 Å². The van der Waals surface area contributed by atoms with E-state index in [9.17, 15) is 28.2 Å². The van der Waals surface area contributed by atoms with Gasteiger partial charge in [-0.15, -0.1) is 0 Å². The largest absolute Gasteiger partial charge is 0.394 e. The van der Waals surface area contributed by atoms with Crippen LogP contribution in [-0.2, 0) is 4.79 Å². The molecule has 2 fully saturated rings. The first-order valence-electron chi connectivity index (χ1n) is 13.2. The van der Waals surface area contributed by atoms with Gasteiger partial charge in [-0.25, -0.2) is 23.1 Å². The lowest BCUT2D eigenvalue weighted by atomic mass is 9.82. The number of rotatable bonds is 7. The summed E-state index contributed by atoms with van der Waals surface area (Å²) in [6.07, 6.45) is 3.01. The van der Waals surface area contributed by atoms with Gasteiger partial charge < -0.3 is 25.7 Å². The number of nitrogens with zero attached hydrogens (tertiary/aromatic N) is 5. The fourth-order valence-corrected chi connectivity index (χ4v) is 5.60. The van der Waals surface area contributed by atoms with Crippen LogP contribution < -0.4 is 10.6 Å². The average molecular weight is 548 g/mol. The second kappa shape index (κ2) is 11.0. The molecule has 4 atom stereocenters. The molecule has 0 bridgehead atoms. The van der Waals surface area contributed by atoms with E-state index in [1.165, 1.54) is 6.20 Å². The minimum Gasteiger partial charge on any atom is -0.394 e. The number of anilines is 3. The third kappa shape index (κ3) is 5.37. The highest BCUT2D eigenvalue weighted by atomic mass is 19.1. The molecule has 1 amide bonds. The van der Waals surface area contributed by atoms with E-state index >= 15 is 0 Å². The number of hydrogen-bond acceptors (Lipinski definition) is 8. The van der Waals surface area contributed by atoms with Gasteiger partial charge in [0.15, 0.2) is 17.3 Å². The molecule has 1 aromatic carbocycles. The SMILES string of the molecule is CC(C)Nc1ncc2nc(Nc3c(F)cc(F)cc3F)n([C@@H]3CC[C@H](C(=O)N4CCC[C@H]4CO)C(O)C3)c2n1. The lowest BCUT2D eigenvalue weighted by Crippen LogP contribution is -2.46. The molecule has 1 saturated heterocycles. The Bertz CT molecular complexity index is 1350. The van der Waals surface area contributed by atoms with Gasteiger partial charge in [0.05, 0.1) is 30.9 Å². The molecule has 0 spiro atoms. The number of carbonyl (C=O) groups is 1. The summed E-state index contributed by atoms with van der Waals surface area (Å²) in [6, 6.07) is 0.524. The molecule has 3 heterocycles. The molecule has 3 aromatic rings. The zero-order valence-corrected chi connectivity index (χ0v) is 21.7. The van der Waals surface area contributed by atoms with Gasteiger partial charge in [-0.05, 0) is 46.0 Å². The summed E-state index contributed by atoms with van der Waals surface area (Å²) >= 11 is 0. The summed E-state index contributed by atoms with van der Waals surface area (Å²) in [7, 11) is 0. The number of likely N-dealkylation sites (tertiary alicyclic amines) is 1. The second-order valence-corrected chi connectivity index (χ2v) is 10.5. The number of aliphatic hydroxyl groups excluding tert-OH is 2. The smallest absolute Gasteiger partial charge is 0.228 e. The van der Waals surface area contributed by atoms with Gasteiger partial charge in [-0.1, -0.05) is 0 Å². The van der Waals surface area contributed by atoms with Crippen molar-refractivity contribution in [2.45, 2.75) is 70.2 Å². The molecule has 39 heavy (non-hydrogen) atoms. The number of imidazole rings is 1. The molecular weight excluding hydrogens is 515 g/mol. The van der Waals surface area contributed by atoms with Crippen molar-refractivity contribution in [1.29, 1.82) is 0 Å². The topological polar surface area (TPSA) is 128 Å². The van der Waals surface area contributed by atoms with Crippen molar-refractivity contribution in [1.82, 2.24) is 24.4 Å². The number of nitrogens with one attached hydrogen (secondary N) is 2. The van der Waals surface area contributed by atoms with Gasteiger partial charge in [0, 0.05) is 30.8 Å². The van der Waals surface area contributed by atoms with Crippen molar-refractivity contribution >= 4 is 34.7 Å². The molecule has 2 aliphatic rings. The predicted molar refractivity (Wildman–Crippen MR) is 138 cm³/mol. The Morgan fingerprint density at radius 3 is 2.56 bits per heavy atom. The summed E-state index contributed by atoms with van der Waals surface area (Å²) in [4.78, 5) is 28.2. The molecule has 1 unspecified atom stereocenters. The van der Waals surface area contributed by atoms with Crippen molar-refractivity contribution in [3.8, 4) is 0 Å². The Morgan fingerprint density at radius 2 is 1.90 bits per heavy atom. The zero-order chi connectivity index (χ0) is 27.8. The maximum atomic E-state index is 14.5. The Morgan fingerprint density at radius 1 is 1.15 bits per heavy atom. The number of carbonyl (C=O) groups excluding carboxylic acids is 1. The van der Waals surface area contributed by atoms with Crippen LogP contribution in [-0.4, -0.2) is 71.9 Å². The van der Waals surface area contributed by atoms with Crippen LogP contribution >= 0.6 is 0 Å². The lowest BCUT2D eigenvalue weighted by Gasteiger charge is -2.36. The van der Waals surface area contributed by atoms with Crippen LogP contribution in [0.3, 0.4) is 0 Å². The van der Waals surface area contributed by atoms with Crippen LogP contribution in [0.25, 0.3) is 11.2 Å². The summed E-state index contributed by atoms with van der Waals surface area (Å²) in [6.45, 7) is 4.28. The first kappa shape index (κ1) is 27.1. The third-order valence-corrected chi connectivity index (χ3v) is 7.44. The van der Waals surface area contributed by atoms with E-state index in [-0.39, 0.29) is 37.0 Å². The summed E-state index contributed by atoms with van der Waals surface area (Å²) in [5, 5.41) is 26.5. The number of amides is 1. The average Bonchev–Trinajstić information content (AvgIpc) is 3.49. The Kier molecular flexibility index (Phi) is 7.63. The van der Waals surface area contributed by atoms with E-state index < -0.39 is 41.2 Å². The van der Waals surface area contributed by atoms with Crippen molar-refractivity contribution < 1.29 is 28.2 Å². The highest BCUT2D eigenvalue weighted by Crippen LogP contribution is 2.39. The first-order valence-corrected chi connectivity index (χ1v) is 13.2. The van der Waals surface area contributed by atoms with Crippen molar-refractivity contribution in [3.63, 3.8) is 0 Å². The fourth-order valence-electron chi connectivity index (χ4n) is 5.60. The number of aliphatic hydroxyl groups is 2. The van der Waals surface area contributed by atoms with E-state index in [1.807, 2.05) is 13.8 Å². The van der Waals surface area contributed by atoms with Gasteiger partial charge in [0.1, 0.15) is 17.0 Å². The van der Waals surface area contributed by atoms with E-state index in [2.05, 4.69) is 25.6 Å². The zero-order valence-electron chi connectivity index (χ0n) is 21.7. The van der Waals surface area contributed by atoms with Crippen LogP contribution in [0.5, 0.6) is 0 Å². The molecule has 5 rings (SSSR count). The first-order chi connectivity index (χ1) is 18.7. The van der Waals surface area contributed by atoms with Gasteiger partial charge in [0.2, 0.25) is 17.8 Å². The van der Waals surface area contributed by atoms with E-state index in [0.717, 1.165) is 12.8 Å². The van der Waals surface area contributed by atoms with Crippen LogP contribution in [0.2, 0.25) is 0 Å². The van der Waals surface area contributed by atoms with Gasteiger partial charge in [0.25, 0.3) is 0 Å². The van der Waals surface area contributed by atoms with Crippen LogP contribution in [0, 0.1) is 23.4 Å². The standard InChI is InChI=1S/C26H32F3N7O3/c1-13(2)31-25-30-11-20-23(34-25)36(26(32-20)33-22-18(28)8-14(27)9-19(22)29)15-5-6-17(21(38)10-15)24(39)35-7-3-4-16(35)12-37/h8-9,11,13,15-17,21,37-38H,3-7,10,12H2,1-2H3,(H,32,33)(H,30,31,34)/t15-,16+,17+,21?/m1/s1. The number of halogens is 3. The molecule has 13 heteroatoms. The maximum absolute atomic E-state index is 14.5. The predicted octanol–water partition coefficient (Wildman–Crippen LogP) is 3.49. The molecule has 10 nitrogen and oxygen atoms in total. The quantitative estimate of drug-likeness (QED) is 0.354.